The first kappa shape index (κ1) is 18.2. The molecule has 1 saturated heterocycles. The van der Waals surface area contributed by atoms with E-state index in [-0.39, 0.29) is 12.2 Å². The smallest absolute Gasteiger partial charge is 0.106 e. The highest BCUT2D eigenvalue weighted by molar-refractivity contribution is 5.27. The van der Waals surface area contributed by atoms with Crippen LogP contribution < -0.4 is 0 Å². The van der Waals surface area contributed by atoms with Crippen LogP contribution in [0.2, 0.25) is 0 Å². The molecule has 2 aromatic carbocycles. The second-order valence-electron chi connectivity index (χ2n) is 7.31. The molecule has 2 nitrogen and oxygen atoms in total. The summed E-state index contributed by atoms with van der Waals surface area (Å²) in [6, 6.07) is 17.6. The van der Waals surface area contributed by atoms with E-state index in [9.17, 15) is 0 Å². The van der Waals surface area contributed by atoms with Crippen LogP contribution in [-0.4, -0.2) is 13.2 Å². The molecule has 0 N–H and O–H groups in total. The van der Waals surface area contributed by atoms with Gasteiger partial charge in [-0.2, -0.15) is 0 Å². The summed E-state index contributed by atoms with van der Waals surface area (Å²) in [4.78, 5) is 0. The second-order valence-corrected chi connectivity index (χ2v) is 7.31. The van der Waals surface area contributed by atoms with Gasteiger partial charge in [-0.3, -0.25) is 0 Å². The molecule has 0 spiro atoms. The Labute approximate surface area is 152 Å². The summed E-state index contributed by atoms with van der Waals surface area (Å²) in [5, 5.41) is 0. The van der Waals surface area contributed by atoms with Gasteiger partial charge in [-0.05, 0) is 41.0 Å². The van der Waals surface area contributed by atoms with E-state index in [1.54, 1.807) is 0 Å². The molecule has 1 heterocycles. The molecular weight excluding hydrogens is 308 g/mol. The quantitative estimate of drug-likeness (QED) is 0.645. The van der Waals surface area contributed by atoms with Crippen molar-refractivity contribution in [3.8, 4) is 0 Å². The molecule has 2 heteroatoms. The Balaban J connectivity index is 1.56. The summed E-state index contributed by atoms with van der Waals surface area (Å²) in [5.41, 5.74) is 5.19. The Hall–Kier alpha value is -1.64. The van der Waals surface area contributed by atoms with Crippen molar-refractivity contribution in [2.24, 2.45) is 0 Å². The van der Waals surface area contributed by atoms with Gasteiger partial charge in [0.15, 0.2) is 0 Å². The average Bonchev–Trinajstić information content (AvgIpc) is 2.67. The molecule has 2 atom stereocenters. The van der Waals surface area contributed by atoms with E-state index in [1.807, 2.05) is 0 Å². The first-order valence-corrected chi connectivity index (χ1v) is 9.59. The lowest BCUT2D eigenvalue weighted by Crippen LogP contribution is -2.25. The van der Waals surface area contributed by atoms with Crippen LogP contribution in [-0.2, 0) is 15.9 Å². The van der Waals surface area contributed by atoms with Gasteiger partial charge in [0, 0.05) is 0 Å². The Bertz CT molecular complexity index is 635. The number of benzene rings is 2. The molecule has 134 valence electrons. The maximum Gasteiger partial charge on any atom is 0.106 e. The molecule has 1 fully saturated rings. The minimum Gasteiger partial charge on any atom is -0.368 e. The van der Waals surface area contributed by atoms with Crippen LogP contribution in [0.4, 0.5) is 0 Å². The van der Waals surface area contributed by atoms with Gasteiger partial charge in [-0.15, -0.1) is 0 Å². The number of ether oxygens (including phenoxy) is 2. The summed E-state index contributed by atoms with van der Waals surface area (Å²) < 4.78 is 12.2. The lowest BCUT2D eigenvalue weighted by Gasteiger charge is -2.30. The van der Waals surface area contributed by atoms with Crippen molar-refractivity contribution in [3.63, 3.8) is 0 Å². The van der Waals surface area contributed by atoms with E-state index in [4.69, 9.17) is 9.47 Å². The van der Waals surface area contributed by atoms with Crippen LogP contribution in [0.1, 0.15) is 74.0 Å². The van der Waals surface area contributed by atoms with Crippen LogP contribution in [0, 0.1) is 0 Å². The predicted molar refractivity (Wildman–Crippen MR) is 103 cm³/mol. The number of hydrogen-bond acceptors (Lipinski definition) is 2. The van der Waals surface area contributed by atoms with Crippen LogP contribution in [0.25, 0.3) is 0 Å². The largest absolute Gasteiger partial charge is 0.368 e. The third-order valence-corrected chi connectivity index (χ3v) is 5.04. The van der Waals surface area contributed by atoms with Crippen molar-refractivity contribution in [3.05, 3.63) is 70.8 Å². The summed E-state index contributed by atoms with van der Waals surface area (Å²) in [6.45, 7) is 7.89. The fraction of sp³-hybridized carbons (Fsp3) is 0.478. The summed E-state index contributed by atoms with van der Waals surface area (Å²) in [6.07, 6.45) is 3.74. The Morgan fingerprint density at radius 2 is 1.36 bits per heavy atom. The zero-order valence-electron chi connectivity index (χ0n) is 15.7. The lowest BCUT2D eigenvalue weighted by atomic mass is 9.99. The molecule has 25 heavy (non-hydrogen) atoms. The first-order valence-electron chi connectivity index (χ1n) is 9.59. The van der Waals surface area contributed by atoms with Gasteiger partial charge in [-0.1, -0.05) is 75.7 Å². The van der Waals surface area contributed by atoms with E-state index in [1.165, 1.54) is 35.1 Å². The molecule has 0 amide bonds. The number of rotatable bonds is 6. The fourth-order valence-electron chi connectivity index (χ4n) is 3.26. The number of hydrogen-bond donors (Lipinski definition) is 0. The molecule has 0 aliphatic carbocycles. The van der Waals surface area contributed by atoms with E-state index >= 15 is 0 Å². The molecule has 1 aliphatic heterocycles. The normalized spacial score (nSPS) is 20.8. The summed E-state index contributed by atoms with van der Waals surface area (Å²) >= 11 is 0. The van der Waals surface area contributed by atoms with Crippen molar-refractivity contribution in [1.82, 2.24) is 0 Å². The molecule has 1 aliphatic rings. The first-order chi connectivity index (χ1) is 12.2. The van der Waals surface area contributed by atoms with Gasteiger partial charge in [0.2, 0.25) is 0 Å². The Morgan fingerprint density at radius 1 is 0.840 bits per heavy atom. The highest BCUT2D eigenvalue weighted by Crippen LogP contribution is 2.30. The van der Waals surface area contributed by atoms with E-state index in [0.29, 0.717) is 19.1 Å². The molecule has 0 bridgehead atoms. The molecule has 0 radical (unpaired) electrons. The third-order valence-electron chi connectivity index (χ3n) is 5.04. The van der Waals surface area contributed by atoms with Crippen molar-refractivity contribution in [2.75, 3.05) is 13.2 Å². The van der Waals surface area contributed by atoms with E-state index in [2.05, 4.69) is 69.3 Å². The fourth-order valence-corrected chi connectivity index (χ4v) is 3.26. The Morgan fingerprint density at radius 3 is 1.80 bits per heavy atom. The van der Waals surface area contributed by atoms with Crippen LogP contribution in [0.5, 0.6) is 0 Å². The maximum absolute atomic E-state index is 6.10. The number of aryl methyl sites for hydroxylation is 1. The highest BCUT2D eigenvalue weighted by atomic mass is 16.6. The van der Waals surface area contributed by atoms with Gasteiger partial charge in [-0.25, -0.2) is 0 Å². The zero-order valence-corrected chi connectivity index (χ0v) is 15.7. The second kappa shape index (κ2) is 8.64. The van der Waals surface area contributed by atoms with Gasteiger partial charge >= 0.3 is 0 Å². The monoisotopic (exact) mass is 338 g/mol. The lowest BCUT2D eigenvalue weighted by molar-refractivity contribution is -0.137. The van der Waals surface area contributed by atoms with Crippen LogP contribution in [0.15, 0.2) is 48.5 Å². The van der Waals surface area contributed by atoms with Crippen LogP contribution in [0.3, 0.4) is 0 Å². The molecule has 0 saturated carbocycles. The van der Waals surface area contributed by atoms with Gasteiger partial charge in [0.05, 0.1) is 13.2 Å². The van der Waals surface area contributed by atoms with Crippen LogP contribution >= 0.6 is 0 Å². The molecule has 0 aromatic heterocycles. The SMILES string of the molecule is CCCCc1ccc([C@@H]2CO[C@@H](c3ccc(C(C)C)cc3)CO2)cc1. The topological polar surface area (TPSA) is 18.5 Å². The minimum absolute atomic E-state index is 0.0429. The molecular formula is C23H30O2. The van der Waals surface area contributed by atoms with Crippen molar-refractivity contribution >= 4 is 0 Å². The third kappa shape index (κ3) is 4.71. The molecule has 0 unspecified atom stereocenters. The van der Waals surface area contributed by atoms with Gasteiger partial charge in [0.25, 0.3) is 0 Å². The molecule has 3 rings (SSSR count). The van der Waals surface area contributed by atoms with Gasteiger partial charge < -0.3 is 9.47 Å². The van der Waals surface area contributed by atoms with Gasteiger partial charge in [0.1, 0.15) is 12.2 Å². The van der Waals surface area contributed by atoms with E-state index < -0.39 is 0 Å². The van der Waals surface area contributed by atoms with E-state index in [0.717, 1.165) is 6.42 Å². The Kier molecular flexibility index (Phi) is 6.28. The summed E-state index contributed by atoms with van der Waals surface area (Å²) in [7, 11) is 0. The average molecular weight is 338 g/mol. The predicted octanol–water partition coefficient (Wildman–Crippen LogP) is 5.98. The zero-order chi connectivity index (χ0) is 17.6. The van der Waals surface area contributed by atoms with Crippen molar-refractivity contribution in [2.45, 2.75) is 58.2 Å². The standard InChI is InChI=1S/C23H30O2/c1-4-5-6-18-7-9-20(10-8-18)22-15-25-23(16-24-22)21-13-11-19(12-14-21)17(2)3/h7-14,17,22-23H,4-6,15-16H2,1-3H3/t22-,23+/m0/s1. The number of unbranched alkanes of at least 4 members (excludes halogenated alkanes) is 1. The van der Waals surface area contributed by atoms with Crippen molar-refractivity contribution in [1.29, 1.82) is 0 Å². The molecule has 2 aromatic rings. The summed E-state index contributed by atoms with van der Waals surface area (Å²) in [5.74, 6) is 0.558. The minimum atomic E-state index is 0.0429. The highest BCUT2D eigenvalue weighted by Gasteiger charge is 2.24. The maximum atomic E-state index is 6.10. The van der Waals surface area contributed by atoms with Crippen molar-refractivity contribution < 1.29 is 9.47 Å².